The van der Waals surface area contributed by atoms with E-state index in [1.165, 1.54) is 44.1 Å². The second kappa shape index (κ2) is 13.9. The van der Waals surface area contributed by atoms with Crippen LogP contribution in [0.1, 0.15) is 77.2 Å². The van der Waals surface area contributed by atoms with E-state index in [2.05, 4.69) is 38.1 Å². The normalized spacial score (nSPS) is 11.1. The van der Waals surface area contributed by atoms with Gasteiger partial charge in [0.25, 0.3) is 0 Å². The molecule has 0 heterocycles. The molecule has 0 bridgehead atoms. The maximum atomic E-state index is 14.8. The zero-order valence-electron chi connectivity index (χ0n) is 20.7. The van der Waals surface area contributed by atoms with E-state index >= 15 is 0 Å². The molecule has 3 aromatic rings. The van der Waals surface area contributed by atoms with Crippen LogP contribution in [-0.2, 0) is 6.42 Å². The molecule has 3 aromatic carbocycles. The summed E-state index contributed by atoms with van der Waals surface area (Å²) in [6.07, 6.45) is 11.7. The van der Waals surface area contributed by atoms with E-state index in [0.29, 0.717) is 12.2 Å². The van der Waals surface area contributed by atoms with Crippen molar-refractivity contribution in [1.82, 2.24) is 0 Å². The minimum Gasteiger partial charge on any atom is -0.490 e. The molecule has 0 fully saturated rings. The van der Waals surface area contributed by atoms with Gasteiger partial charge in [-0.3, -0.25) is 0 Å². The molecule has 0 atom stereocenters. The molecule has 0 aromatic heterocycles. The molecule has 0 aliphatic heterocycles. The molecule has 0 unspecified atom stereocenters. The average Bonchev–Trinajstić information content (AvgIpc) is 2.86. The summed E-state index contributed by atoms with van der Waals surface area (Å²) in [6.45, 7) is 4.80. The van der Waals surface area contributed by atoms with Crippen LogP contribution in [0.15, 0.2) is 60.7 Å². The minimum atomic E-state index is -0.910. The largest absolute Gasteiger partial charge is 0.490 e. The predicted molar refractivity (Wildman–Crippen MR) is 139 cm³/mol. The summed E-state index contributed by atoms with van der Waals surface area (Å²) in [6, 6.07) is 19.2. The Morgan fingerprint density at radius 2 is 1.12 bits per heavy atom. The molecular formula is C31H38F2O. The van der Waals surface area contributed by atoms with Crippen LogP contribution < -0.4 is 4.74 Å². The first-order valence-electron chi connectivity index (χ1n) is 12.9. The Kier molecular flexibility index (Phi) is 10.6. The quantitative estimate of drug-likeness (QED) is 0.216. The van der Waals surface area contributed by atoms with Gasteiger partial charge in [0.1, 0.15) is 0 Å². The van der Waals surface area contributed by atoms with Crippen molar-refractivity contribution < 1.29 is 13.5 Å². The van der Waals surface area contributed by atoms with E-state index in [4.69, 9.17) is 4.74 Å². The number of hydrogen-bond donors (Lipinski definition) is 0. The summed E-state index contributed by atoms with van der Waals surface area (Å²) < 4.78 is 35.0. The van der Waals surface area contributed by atoms with E-state index in [-0.39, 0.29) is 11.3 Å². The van der Waals surface area contributed by atoms with E-state index in [9.17, 15) is 8.78 Å². The minimum absolute atomic E-state index is 0.00650. The number of benzene rings is 3. The highest BCUT2D eigenvalue weighted by Gasteiger charge is 2.16. The van der Waals surface area contributed by atoms with Gasteiger partial charge in [0.2, 0.25) is 5.82 Å². The molecule has 1 nitrogen and oxygen atoms in total. The molecule has 3 heteroatoms. The maximum absolute atomic E-state index is 14.8. The summed E-state index contributed by atoms with van der Waals surface area (Å²) in [5.41, 5.74) is 4.39. The van der Waals surface area contributed by atoms with Crippen LogP contribution in [0.3, 0.4) is 0 Å². The molecule has 34 heavy (non-hydrogen) atoms. The Morgan fingerprint density at radius 1 is 0.559 bits per heavy atom. The molecule has 0 radical (unpaired) electrons. The lowest BCUT2D eigenvalue weighted by Gasteiger charge is -2.11. The fourth-order valence-corrected chi connectivity index (χ4v) is 4.28. The Balaban J connectivity index is 1.55. The van der Waals surface area contributed by atoms with Gasteiger partial charge >= 0.3 is 0 Å². The van der Waals surface area contributed by atoms with Crippen LogP contribution in [0.5, 0.6) is 5.75 Å². The summed E-state index contributed by atoms with van der Waals surface area (Å²) in [5, 5.41) is 0. The third-order valence-electron chi connectivity index (χ3n) is 6.32. The van der Waals surface area contributed by atoms with Crippen LogP contribution in [0.2, 0.25) is 0 Å². The van der Waals surface area contributed by atoms with Gasteiger partial charge in [-0.15, -0.1) is 0 Å². The first-order valence-corrected chi connectivity index (χ1v) is 12.9. The lowest BCUT2D eigenvalue weighted by Crippen LogP contribution is -2.01. The van der Waals surface area contributed by atoms with Crippen molar-refractivity contribution in [3.8, 4) is 28.0 Å². The smallest absolute Gasteiger partial charge is 0.201 e. The number of unbranched alkanes of at least 4 members (excludes halogenated alkanes) is 7. The fourth-order valence-electron chi connectivity index (χ4n) is 4.28. The summed E-state index contributed by atoms with van der Waals surface area (Å²) in [7, 11) is 0. The standard InChI is InChI=1S/C31H38F2O/c1-3-5-6-7-8-9-10-11-23-34-29-22-21-28(30(32)31(29)33)27-19-17-26(18-20-27)25-15-13-24(12-4-2)14-16-25/h13-22H,3-12,23H2,1-2H3. The van der Waals surface area contributed by atoms with Gasteiger partial charge in [-0.1, -0.05) is 114 Å². The van der Waals surface area contributed by atoms with Crippen LogP contribution in [0.25, 0.3) is 22.3 Å². The fraction of sp³-hybridized carbons (Fsp3) is 0.419. The van der Waals surface area contributed by atoms with Gasteiger partial charge < -0.3 is 4.74 Å². The Morgan fingerprint density at radius 3 is 1.74 bits per heavy atom. The van der Waals surface area contributed by atoms with Gasteiger partial charge in [-0.05, 0) is 47.2 Å². The van der Waals surface area contributed by atoms with Crippen LogP contribution in [0.4, 0.5) is 8.78 Å². The second-order valence-electron chi connectivity index (χ2n) is 9.09. The highest BCUT2D eigenvalue weighted by atomic mass is 19.2. The number of rotatable bonds is 14. The summed E-state index contributed by atoms with van der Waals surface area (Å²) >= 11 is 0. The SMILES string of the molecule is CCCCCCCCCCOc1ccc(-c2ccc(-c3ccc(CCC)cc3)cc2)c(F)c1F. The van der Waals surface area contributed by atoms with E-state index in [1.54, 1.807) is 12.1 Å². The monoisotopic (exact) mass is 464 g/mol. The van der Waals surface area contributed by atoms with Crippen molar-refractivity contribution in [1.29, 1.82) is 0 Å². The first kappa shape index (κ1) is 25.9. The summed E-state index contributed by atoms with van der Waals surface area (Å²) in [5.74, 6) is -1.77. The van der Waals surface area contributed by atoms with Crippen molar-refractivity contribution in [3.05, 3.63) is 77.9 Å². The van der Waals surface area contributed by atoms with Crippen molar-refractivity contribution in [3.63, 3.8) is 0 Å². The van der Waals surface area contributed by atoms with Crippen molar-refractivity contribution >= 4 is 0 Å². The third-order valence-corrected chi connectivity index (χ3v) is 6.32. The highest BCUT2D eigenvalue weighted by molar-refractivity contribution is 5.71. The Labute approximate surface area is 204 Å². The highest BCUT2D eigenvalue weighted by Crippen LogP contribution is 2.31. The molecule has 0 amide bonds. The van der Waals surface area contributed by atoms with E-state index in [1.807, 2.05) is 24.3 Å². The van der Waals surface area contributed by atoms with Crippen molar-refractivity contribution in [2.75, 3.05) is 6.61 Å². The molecule has 0 saturated heterocycles. The molecule has 0 aliphatic rings. The van der Waals surface area contributed by atoms with Crippen molar-refractivity contribution in [2.24, 2.45) is 0 Å². The van der Waals surface area contributed by atoms with Crippen LogP contribution in [-0.4, -0.2) is 6.61 Å². The average molecular weight is 465 g/mol. The number of hydrogen-bond acceptors (Lipinski definition) is 1. The molecule has 0 saturated carbocycles. The van der Waals surface area contributed by atoms with Crippen LogP contribution >= 0.6 is 0 Å². The molecule has 0 N–H and O–H groups in total. The van der Waals surface area contributed by atoms with E-state index in [0.717, 1.165) is 36.8 Å². The first-order chi connectivity index (χ1) is 16.6. The predicted octanol–water partition coefficient (Wildman–Crippen LogP) is 9.77. The number of aryl methyl sites for hydroxylation is 1. The molecule has 0 spiro atoms. The topological polar surface area (TPSA) is 9.23 Å². The Hall–Kier alpha value is -2.68. The molecule has 0 aliphatic carbocycles. The zero-order chi connectivity index (χ0) is 24.2. The number of ether oxygens (including phenoxy) is 1. The lowest BCUT2D eigenvalue weighted by atomic mass is 9.98. The molecular weight excluding hydrogens is 426 g/mol. The van der Waals surface area contributed by atoms with Gasteiger partial charge in [-0.25, -0.2) is 4.39 Å². The lowest BCUT2D eigenvalue weighted by molar-refractivity contribution is 0.285. The number of halogens is 2. The van der Waals surface area contributed by atoms with E-state index < -0.39 is 11.6 Å². The molecule has 182 valence electrons. The summed E-state index contributed by atoms with van der Waals surface area (Å²) in [4.78, 5) is 0. The van der Waals surface area contributed by atoms with Gasteiger partial charge in [0, 0.05) is 5.56 Å². The third kappa shape index (κ3) is 7.41. The van der Waals surface area contributed by atoms with Gasteiger partial charge in [0.05, 0.1) is 6.61 Å². The van der Waals surface area contributed by atoms with Gasteiger partial charge in [0.15, 0.2) is 11.6 Å². The molecule has 3 rings (SSSR count). The van der Waals surface area contributed by atoms with Crippen LogP contribution in [0, 0.1) is 11.6 Å². The van der Waals surface area contributed by atoms with Crippen molar-refractivity contribution in [2.45, 2.75) is 78.1 Å². The maximum Gasteiger partial charge on any atom is 0.201 e. The Bertz CT molecular complexity index is 993. The van der Waals surface area contributed by atoms with Gasteiger partial charge in [-0.2, -0.15) is 4.39 Å². The zero-order valence-corrected chi connectivity index (χ0v) is 20.7. The second-order valence-corrected chi connectivity index (χ2v) is 9.09.